The van der Waals surface area contributed by atoms with E-state index >= 15 is 0 Å². The van der Waals surface area contributed by atoms with Crippen LogP contribution in [-0.4, -0.2) is 17.1 Å². The largest absolute Gasteiger partial charge is 0.385 e. The third-order valence-corrected chi connectivity index (χ3v) is 2.33. The van der Waals surface area contributed by atoms with Crippen LogP contribution in [0.15, 0.2) is 18.2 Å². The Morgan fingerprint density at radius 3 is 2.56 bits per heavy atom. The summed E-state index contributed by atoms with van der Waals surface area (Å²) in [5.41, 5.74) is 1.51. The van der Waals surface area contributed by atoms with Gasteiger partial charge in [0, 0.05) is 29.9 Å². The van der Waals surface area contributed by atoms with E-state index in [9.17, 15) is 10.1 Å². The first-order valence-electron chi connectivity index (χ1n) is 5.98. The van der Waals surface area contributed by atoms with E-state index in [1.54, 1.807) is 12.1 Å². The van der Waals surface area contributed by atoms with Crippen molar-refractivity contribution >= 4 is 11.4 Å². The molecule has 1 N–H and O–H groups in total. The maximum Gasteiger partial charge on any atom is 0.269 e. The molecule has 100 valence electrons. The first kappa shape index (κ1) is 14.4. The molecule has 1 rings (SSSR count). The van der Waals surface area contributed by atoms with Crippen molar-refractivity contribution in [2.24, 2.45) is 0 Å². The zero-order valence-electron chi connectivity index (χ0n) is 11.3. The van der Waals surface area contributed by atoms with Gasteiger partial charge in [-0.05, 0) is 33.8 Å². The monoisotopic (exact) mass is 252 g/mol. The Morgan fingerprint density at radius 1 is 1.39 bits per heavy atom. The minimum atomic E-state index is -0.393. The Bertz CT molecular complexity index is 425. The molecule has 0 bridgehead atoms. The van der Waals surface area contributed by atoms with Crippen molar-refractivity contribution in [3.63, 3.8) is 0 Å². The summed E-state index contributed by atoms with van der Waals surface area (Å²) in [6, 6.07) is 4.78. The van der Waals surface area contributed by atoms with Crippen LogP contribution < -0.4 is 5.32 Å². The molecule has 0 saturated heterocycles. The molecule has 0 aliphatic heterocycles. The van der Waals surface area contributed by atoms with Gasteiger partial charge in [0.25, 0.3) is 5.69 Å². The van der Waals surface area contributed by atoms with Gasteiger partial charge in [-0.2, -0.15) is 0 Å². The van der Waals surface area contributed by atoms with E-state index in [4.69, 9.17) is 4.74 Å². The molecule has 0 amide bonds. The normalized spacial score (nSPS) is 11.3. The molecular weight excluding hydrogens is 232 g/mol. The van der Waals surface area contributed by atoms with Gasteiger partial charge in [-0.15, -0.1) is 0 Å². The number of nitrogens with one attached hydrogen (secondary N) is 1. The number of non-ortho nitro benzene ring substituents is 1. The van der Waals surface area contributed by atoms with Crippen molar-refractivity contribution in [1.82, 2.24) is 0 Å². The number of ether oxygens (including phenoxy) is 1. The first-order chi connectivity index (χ1) is 8.33. The highest BCUT2D eigenvalue weighted by Crippen LogP contribution is 2.24. The second-order valence-corrected chi connectivity index (χ2v) is 5.03. The smallest absolute Gasteiger partial charge is 0.269 e. The lowest BCUT2D eigenvalue weighted by molar-refractivity contribution is -0.384. The molecule has 0 aromatic heterocycles. The van der Waals surface area contributed by atoms with Crippen molar-refractivity contribution in [3.8, 4) is 0 Å². The molecule has 1 aromatic carbocycles. The van der Waals surface area contributed by atoms with Gasteiger partial charge in [0.15, 0.2) is 0 Å². The molecule has 0 unspecified atom stereocenters. The van der Waals surface area contributed by atoms with Crippen molar-refractivity contribution in [1.29, 1.82) is 0 Å². The van der Waals surface area contributed by atoms with Crippen molar-refractivity contribution < 1.29 is 9.66 Å². The highest BCUT2D eigenvalue weighted by Gasteiger charge is 2.14. The Morgan fingerprint density at radius 2 is 2.06 bits per heavy atom. The summed E-state index contributed by atoms with van der Waals surface area (Å²) in [5, 5.41) is 13.9. The fraction of sp³-hybridized carbons (Fsp3) is 0.538. The van der Waals surface area contributed by atoms with Gasteiger partial charge in [0.1, 0.15) is 0 Å². The second kappa shape index (κ2) is 5.82. The minimum absolute atomic E-state index is 0.0872. The average Bonchev–Trinajstić information content (AvgIpc) is 2.26. The van der Waals surface area contributed by atoms with E-state index in [0.717, 1.165) is 17.8 Å². The third kappa shape index (κ3) is 4.33. The maximum absolute atomic E-state index is 10.8. The fourth-order valence-electron chi connectivity index (χ4n) is 1.47. The van der Waals surface area contributed by atoms with Gasteiger partial charge < -0.3 is 10.1 Å². The van der Waals surface area contributed by atoms with Crippen LogP contribution in [0.5, 0.6) is 0 Å². The molecule has 1 aromatic rings. The first-order valence-corrected chi connectivity index (χ1v) is 5.98. The zero-order valence-corrected chi connectivity index (χ0v) is 11.3. The van der Waals surface area contributed by atoms with Crippen LogP contribution in [0.25, 0.3) is 0 Å². The Balaban J connectivity index is 2.96. The molecule has 5 nitrogen and oxygen atoms in total. The minimum Gasteiger partial charge on any atom is -0.385 e. The average molecular weight is 252 g/mol. The van der Waals surface area contributed by atoms with Crippen LogP contribution in [0.3, 0.4) is 0 Å². The number of nitro benzene ring substituents is 1. The lowest BCUT2D eigenvalue weighted by atomic mass is 10.1. The van der Waals surface area contributed by atoms with Gasteiger partial charge in [0.2, 0.25) is 0 Å². The summed E-state index contributed by atoms with van der Waals surface area (Å²) in [5.74, 6) is 0. The number of hydrogen-bond donors (Lipinski definition) is 1. The highest BCUT2D eigenvalue weighted by atomic mass is 16.6. The summed E-state index contributed by atoms with van der Waals surface area (Å²) in [6.45, 7) is 8.97. The molecule has 0 atom stereocenters. The topological polar surface area (TPSA) is 64.4 Å². The lowest BCUT2D eigenvalue weighted by Gasteiger charge is -2.20. The molecule has 0 spiro atoms. The number of benzene rings is 1. The van der Waals surface area contributed by atoms with Gasteiger partial charge in [0.05, 0.1) is 17.1 Å². The molecular formula is C13H20N2O3. The number of rotatable bonds is 5. The predicted molar refractivity (Wildman–Crippen MR) is 71.8 cm³/mol. The molecule has 0 saturated carbocycles. The van der Waals surface area contributed by atoms with Gasteiger partial charge in [-0.3, -0.25) is 10.1 Å². The quantitative estimate of drug-likeness (QED) is 0.644. The van der Waals surface area contributed by atoms with E-state index in [1.807, 2.05) is 27.7 Å². The number of anilines is 1. The van der Waals surface area contributed by atoms with Crippen LogP contribution in [0.1, 0.15) is 33.3 Å². The fourth-order valence-corrected chi connectivity index (χ4v) is 1.47. The van der Waals surface area contributed by atoms with E-state index in [1.165, 1.54) is 6.07 Å². The molecule has 0 fully saturated rings. The molecule has 0 radical (unpaired) electrons. The molecule has 0 aliphatic rings. The summed E-state index contributed by atoms with van der Waals surface area (Å²) < 4.78 is 5.67. The highest BCUT2D eigenvalue weighted by molar-refractivity contribution is 5.55. The number of nitro groups is 1. The standard InChI is InChI=1S/C13H20N2O3/c1-5-14-12-7-6-11(15(16)17)8-10(12)9-18-13(2,3)4/h6-8,14H,5,9H2,1-4H3. The van der Waals surface area contributed by atoms with Gasteiger partial charge in [-0.1, -0.05) is 0 Å². The van der Waals surface area contributed by atoms with Crippen molar-refractivity contribution in [2.45, 2.75) is 39.9 Å². The van der Waals surface area contributed by atoms with E-state index in [2.05, 4.69) is 5.32 Å². The summed E-state index contributed by atoms with van der Waals surface area (Å²) in [6.07, 6.45) is 0. The Labute approximate surface area is 107 Å². The maximum atomic E-state index is 10.8. The zero-order chi connectivity index (χ0) is 13.8. The van der Waals surface area contributed by atoms with Gasteiger partial charge >= 0.3 is 0 Å². The van der Waals surface area contributed by atoms with Crippen molar-refractivity contribution in [3.05, 3.63) is 33.9 Å². The predicted octanol–water partition coefficient (Wildman–Crippen LogP) is 3.34. The van der Waals surface area contributed by atoms with Crippen LogP contribution in [-0.2, 0) is 11.3 Å². The Hall–Kier alpha value is -1.62. The van der Waals surface area contributed by atoms with Gasteiger partial charge in [-0.25, -0.2) is 0 Å². The molecule has 0 heterocycles. The van der Waals surface area contributed by atoms with Crippen LogP contribution in [0.4, 0.5) is 11.4 Å². The van der Waals surface area contributed by atoms with Crippen LogP contribution in [0.2, 0.25) is 0 Å². The number of hydrogen-bond acceptors (Lipinski definition) is 4. The van der Waals surface area contributed by atoms with E-state index in [0.29, 0.717) is 6.61 Å². The van der Waals surface area contributed by atoms with Crippen LogP contribution >= 0.6 is 0 Å². The second-order valence-electron chi connectivity index (χ2n) is 5.03. The molecule has 18 heavy (non-hydrogen) atoms. The molecule has 5 heteroatoms. The Kier molecular flexibility index (Phi) is 4.67. The SMILES string of the molecule is CCNc1ccc([N+](=O)[O-])cc1COC(C)(C)C. The van der Waals surface area contributed by atoms with E-state index < -0.39 is 4.92 Å². The van der Waals surface area contributed by atoms with E-state index in [-0.39, 0.29) is 11.3 Å². The number of nitrogens with zero attached hydrogens (tertiary/aromatic N) is 1. The van der Waals surface area contributed by atoms with Crippen molar-refractivity contribution in [2.75, 3.05) is 11.9 Å². The summed E-state index contributed by atoms with van der Waals surface area (Å²) >= 11 is 0. The third-order valence-electron chi connectivity index (χ3n) is 2.33. The summed E-state index contributed by atoms with van der Waals surface area (Å²) in [4.78, 5) is 10.4. The summed E-state index contributed by atoms with van der Waals surface area (Å²) in [7, 11) is 0. The molecule has 0 aliphatic carbocycles. The lowest BCUT2D eigenvalue weighted by Crippen LogP contribution is -2.19. The van der Waals surface area contributed by atoms with Crippen LogP contribution in [0, 0.1) is 10.1 Å².